The van der Waals surface area contributed by atoms with Crippen LogP contribution >= 0.6 is 0 Å². The molecule has 2 aliphatic rings. The number of carboxylic acid groups (broad SMARTS) is 1. The Bertz CT molecular complexity index is 1010. The van der Waals surface area contributed by atoms with Crippen molar-refractivity contribution in [3.8, 4) is 5.75 Å². The van der Waals surface area contributed by atoms with Gasteiger partial charge in [0, 0.05) is 6.92 Å². The van der Waals surface area contributed by atoms with Crippen LogP contribution in [0.2, 0.25) is 0 Å². The van der Waals surface area contributed by atoms with Gasteiger partial charge in [-0.05, 0) is 44.5 Å². The van der Waals surface area contributed by atoms with Crippen molar-refractivity contribution in [2.24, 2.45) is 0 Å². The number of ether oxygens (including phenoxy) is 5. The summed E-state index contributed by atoms with van der Waals surface area (Å²) >= 11 is 0. The number of fused-ring (bicyclic) bond motifs is 1. The van der Waals surface area contributed by atoms with Gasteiger partial charge in [-0.15, -0.1) is 0 Å². The topological polar surface area (TPSA) is 126 Å². The van der Waals surface area contributed by atoms with Crippen LogP contribution in [0.3, 0.4) is 0 Å². The highest BCUT2D eigenvalue weighted by molar-refractivity contribution is 5.73. The third-order valence-electron chi connectivity index (χ3n) is 5.77. The molecule has 2 aliphatic heterocycles. The third-order valence-corrected chi connectivity index (χ3v) is 5.77. The maximum absolute atomic E-state index is 12.1. The molecule has 1 amide bonds. The molecule has 7 unspecified atom stereocenters. The standard InChI is InChI=1S/C24H29NO9/c1-12-7-8-16(13(2)10-12)32-24-19(25-15(4)26)21(31-14(3)22(27)28)20-18(33-24)11-30-23(34-20)17-6-5-9-29-17/h5-10,14,18-21,23-24H,11H2,1-4H3,(H,25,26)(H,27,28). The summed E-state index contributed by atoms with van der Waals surface area (Å²) in [6.07, 6.45) is -3.80. The Labute approximate surface area is 197 Å². The number of hydrogen-bond donors (Lipinski definition) is 2. The predicted octanol–water partition coefficient (Wildman–Crippen LogP) is 2.48. The first kappa shape index (κ1) is 24.2. The van der Waals surface area contributed by atoms with Crippen molar-refractivity contribution in [2.45, 2.75) is 70.7 Å². The van der Waals surface area contributed by atoms with Crippen LogP contribution in [0.1, 0.15) is 37.0 Å². The molecule has 2 N–H and O–H groups in total. The van der Waals surface area contributed by atoms with E-state index in [4.69, 9.17) is 28.1 Å². The minimum atomic E-state index is -1.17. The van der Waals surface area contributed by atoms with Crippen molar-refractivity contribution in [2.75, 3.05) is 6.61 Å². The summed E-state index contributed by atoms with van der Waals surface area (Å²) in [5.74, 6) is -0.479. The molecule has 0 spiro atoms. The van der Waals surface area contributed by atoms with Crippen LogP contribution in [0.25, 0.3) is 0 Å². The van der Waals surface area contributed by atoms with Crippen LogP contribution in [0, 0.1) is 13.8 Å². The van der Waals surface area contributed by atoms with E-state index in [1.165, 1.54) is 20.1 Å². The minimum absolute atomic E-state index is 0.122. The second-order valence-corrected chi connectivity index (χ2v) is 8.52. The van der Waals surface area contributed by atoms with Gasteiger partial charge in [0.15, 0.2) is 11.9 Å². The van der Waals surface area contributed by atoms with Crippen molar-refractivity contribution >= 4 is 11.9 Å². The molecule has 10 heteroatoms. The van der Waals surface area contributed by atoms with E-state index < -0.39 is 49.0 Å². The Balaban J connectivity index is 1.66. The lowest BCUT2D eigenvalue weighted by molar-refractivity contribution is -0.343. The molecule has 1 aromatic heterocycles. The first-order valence-electron chi connectivity index (χ1n) is 11.1. The van der Waals surface area contributed by atoms with Crippen molar-refractivity contribution in [1.82, 2.24) is 5.32 Å². The second kappa shape index (κ2) is 10.1. The lowest BCUT2D eigenvalue weighted by atomic mass is 9.95. The van der Waals surface area contributed by atoms with Crippen LogP contribution < -0.4 is 10.1 Å². The molecule has 4 rings (SSSR count). The molecule has 34 heavy (non-hydrogen) atoms. The molecule has 2 aromatic rings. The van der Waals surface area contributed by atoms with Gasteiger partial charge in [0.25, 0.3) is 0 Å². The van der Waals surface area contributed by atoms with E-state index in [0.717, 1.165) is 11.1 Å². The highest BCUT2D eigenvalue weighted by atomic mass is 16.8. The number of nitrogens with one attached hydrogen (secondary N) is 1. The smallest absolute Gasteiger partial charge is 0.332 e. The second-order valence-electron chi connectivity index (χ2n) is 8.52. The summed E-state index contributed by atoms with van der Waals surface area (Å²) in [6.45, 7) is 6.77. The van der Waals surface area contributed by atoms with Crippen LogP contribution in [0.5, 0.6) is 5.75 Å². The number of benzene rings is 1. The summed E-state index contributed by atoms with van der Waals surface area (Å²) in [7, 11) is 0. The fraction of sp³-hybridized carbons (Fsp3) is 0.500. The number of rotatable bonds is 7. The fourth-order valence-corrected chi connectivity index (χ4v) is 4.14. The Morgan fingerprint density at radius 3 is 2.65 bits per heavy atom. The van der Waals surface area contributed by atoms with Gasteiger partial charge in [0.2, 0.25) is 18.5 Å². The molecular weight excluding hydrogens is 446 g/mol. The zero-order chi connectivity index (χ0) is 24.4. The molecule has 1 aromatic carbocycles. The van der Waals surface area contributed by atoms with Crippen LogP contribution in [0.4, 0.5) is 0 Å². The largest absolute Gasteiger partial charge is 0.479 e. The quantitative estimate of drug-likeness (QED) is 0.621. The van der Waals surface area contributed by atoms with Crippen molar-refractivity contribution in [1.29, 1.82) is 0 Å². The van der Waals surface area contributed by atoms with Gasteiger partial charge >= 0.3 is 5.97 Å². The summed E-state index contributed by atoms with van der Waals surface area (Å²) in [5, 5.41) is 12.3. The Morgan fingerprint density at radius 1 is 1.21 bits per heavy atom. The number of hydrogen-bond acceptors (Lipinski definition) is 8. The van der Waals surface area contributed by atoms with Gasteiger partial charge in [0.05, 0.1) is 12.9 Å². The SMILES string of the molecule is CC(=O)NC1C(Oc2ccc(C)cc2C)OC2COC(c3ccco3)OC2C1OC(C)C(=O)O. The van der Waals surface area contributed by atoms with E-state index in [2.05, 4.69) is 5.32 Å². The van der Waals surface area contributed by atoms with Crippen molar-refractivity contribution < 1.29 is 42.8 Å². The van der Waals surface area contributed by atoms with Crippen LogP contribution in [-0.2, 0) is 28.5 Å². The van der Waals surface area contributed by atoms with Crippen LogP contribution in [0.15, 0.2) is 41.0 Å². The van der Waals surface area contributed by atoms with E-state index in [1.807, 2.05) is 32.0 Å². The van der Waals surface area contributed by atoms with Gasteiger partial charge in [-0.2, -0.15) is 0 Å². The first-order valence-corrected chi connectivity index (χ1v) is 11.1. The lowest BCUT2D eigenvalue weighted by Gasteiger charge is -2.49. The van der Waals surface area contributed by atoms with Gasteiger partial charge in [-0.1, -0.05) is 17.7 Å². The number of aryl methyl sites for hydroxylation is 2. The van der Waals surface area contributed by atoms with Gasteiger partial charge in [0.1, 0.15) is 30.1 Å². The van der Waals surface area contributed by atoms with Gasteiger partial charge < -0.3 is 38.5 Å². The van der Waals surface area contributed by atoms with E-state index in [9.17, 15) is 14.7 Å². The molecule has 0 saturated carbocycles. The average molecular weight is 475 g/mol. The summed E-state index contributed by atoms with van der Waals surface area (Å²) < 4.78 is 35.6. The third kappa shape index (κ3) is 5.25. The van der Waals surface area contributed by atoms with E-state index >= 15 is 0 Å². The molecule has 3 heterocycles. The number of amides is 1. The van der Waals surface area contributed by atoms with Gasteiger partial charge in [-0.25, -0.2) is 4.79 Å². The monoisotopic (exact) mass is 475 g/mol. The normalized spacial score (nSPS) is 29.6. The molecule has 10 nitrogen and oxygen atoms in total. The van der Waals surface area contributed by atoms with Crippen molar-refractivity contribution in [3.63, 3.8) is 0 Å². The number of carboxylic acids is 1. The van der Waals surface area contributed by atoms with E-state index in [1.54, 1.807) is 12.1 Å². The first-order chi connectivity index (χ1) is 16.2. The molecule has 0 bridgehead atoms. The molecule has 0 aliphatic carbocycles. The maximum Gasteiger partial charge on any atom is 0.332 e. The summed E-state index contributed by atoms with van der Waals surface area (Å²) in [6, 6.07) is 8.25. The highest BCUT2D eigenvalue weighted by Crippen LogP contribution is 2.37. The molecule has 7 atom stereocenters. The molecule has 2 fully saturated rings. The maximum atomic E-state index is 12.1. The zero-order valence-electron chi connectivity index (χ0n) is 19.4. The zero-order valence-corrected chi connectivity index (χ0v) is 19.4. The molecule has 0 radical (unpaired) electrons. The molecule has 2 saturated heterocycles. The lowest BCUT2D eigenvalue weighted by Crippen LogP contribution is -2.68. The Kier molecular flexibility index (Phi) is 7.22. The Morgan fingerprint density at radius 2 is 2.00 bits per heavy atom. The minimum Gasteiger partial charge on any atom is -0.479 e. The fourth-order valence-electron chi connectivity index (χ4n) is 4.14. The van der Waals surface area contributed by atoms with Crippen LogP contribution in [-0.4, -0.2) is 60.3 Å². The number of aliphatic carboxylic acids is 1. The summed E-state index contributed by atoms with van der Waals surface area (Å²) in [4.78, 5) is 23.7. The highest BCUT2D eigenvalue weighted by Gasteiger charge is 2.53. The van der Waals surface area contributed by atoms with E-state index in [0.29, 0.717) is 11.5 Å². The van der Waals surface area contributed by atoms with Crippen molar-refractivity contribution in [3.05, 3.63) is 53.5 Å². The summed E-state index contributed by atoms with van der Waals surface area (Å²) in [5.41, 5.74) is 1.96. The number of furan rings is 1. The number of carbonyl (C=O) groups excluding carboxylic acids is 1. The van der Waals surface area contributed by atoms with E-state index in [-0.39, 0.29) is 12.5 Å². The predicted molar refractivity (Wildman–Crippen MR) is 117 cm³/mol. The molecular formula is C24H29NO9. The number of carbonyl (C=O) groups is 2. The Hall–Kier alpha value is -2.92. The average Bonchev–Trinajstić information content (AvgIpc) is 3.32. The van der Waals surface area contributed by atoms with Gasteiger partial charge in [-0.3, -0.25) is 4.79 Å². The molecule has 184 valence electrons.